The molecule has 1 aliphatic carbocycles. The van der Waals surface area contributed by atoms with Gasteiger partial charge in [-0.3, -0.25) is 0 Å². The molecule has 1 rings (SSSR count). The van der Waals surface area contributed by atoms with E-state index < -0.39 is 12.2 Å². The van der Waals surface area contributed by atoms with Crippen LogP contribution in [0.3, 0.4) is 0 Å². The SMILES string of the molecule is N#CC1CCC(O)C(O)C1. The molecule has 0 amide bonds. The molecule has 10 heavy (non-hydrogen) atoms. The number of aliphatic hydroxyl groups excluding tert-OH is 2. The van der Waals surface area contributed by atoms with Gasteiger partial charge in [-0.05, 0) is 19.3 Å². The zero-order valence-electron chi connectivity index (χ0n) is 5.70. The van der Waals surface area contributed by atoms with Crippen molar-refractivity contribution in [3.8, 4) is 6.07 Å². The summed E-state index contributed by atoms with van der Waals surface area (Å²) in [4.78, 5) is 0. The highest BCUT2D eigenvalue weighted by molar-refractivity contribution is 4.90. The van der Waals surface area contributed by atoms with Crippen molar-refractivity contribution in [3.05, 3.63) is 0 Å². The Hall–Kier alpha value is -0.590. The third-order valence-corrected chi connectivity index (χ3v) is 1.96. The first-order valence-corrected chi connectivity index (χ1v) is 3.50. The third-order valence-electron chi connectivity index (χ3n) is 1.96. The zero-order valence-corrected chi connectivity index (χ0v) is 5.70. The Labute approximate surface area is 59.9 Å². The molecular formula is C7H11NO2. The van der Waals surface area contributed by atoms with E-state index in [9.17, 15) is 0 Å². The fraction of sp³-hybridized carbons (Fsp3) is 0.857. The van der Waals surface area contributed by atoms with Gasteiger partial charge in [-0.1, -0.05) is 0 Å². The molecule has 1 fully saturated rings. The van der Waals surface area contributed by atoms with E-state index in [2.05, 4.69) is 6.07 Å². The van der Waals surface area contributed by atoms with Crippen LogP contribution in [0.25, 0.3) is 0 Å². The molecule has 3 nitrogen and oxygen atoms in total. The molecule has 56 valence electrons. The highest BCUT2D eigenvalue weighted by Gasteiger charge is 2.26. The smallest absolute Gasteiger partial charge is 0.0811 e. The van der Waals surface area contributed by atoms with Gasteiger partial charge in [-0.2, -0.15) is 5.26 Å². The first-order chi connectivity index (χ1) is 4.74. The van der Waals surface area contributed by atoms with Crippen molar-refractivity contribution >= 4 is 0 Å². The molecule has 0 aromatic heterocycles. The Bertz CT molecular complexity index is 152. The van der Waals surface area contributed by atoms with Gasteiger partial charge in [0.1, 0.15) is 0 Å². The van der Waals surface area contributed by atoms with E-state index in [1.54, 1.807) is 0 Å². The summed E-state index contributed by atoms with van der Waals surface area (Å²) < 4.78 is 0. The van der Waals surface area contributed by atoms with Crippen LogP contribution in [0.2, 0.25) is 0 Å². The van der Waals surface area contributed by atoms with E-state index >= 15 is 0 Å². The van der Waals surface area contributed by atoms with Gasteiger partial charge >= 0.3 is 0 Å². The molecule has 0 aromatic rings. The second-order valence-corrected chi connectivity index (χ2v) is 2.77. The van der Waals surface area contributed by atoms with Crippen molar-refractivity contribution in [2.45, 2.75) is 31.5 Å². The molecular weight excluding hydrogens is 130 g/mol. The fourth-order valence-electron chi connectivity index (χ4n) is 1.25. The van der Waals surface area contributed by atoms with E-state index in [0.29, 0.717) is 19.3 Å². The number of hydrogen-bond acceptors (Lipinski definition) is 3. The standard InChI is InChI=1S/C7H11NO2/c8-4-5-1-2-6(9)7(10)3-5/h5-7,9-10H,1-3H2. The topological polar surface area (TPSA) is 64.2 Å². The molecule has 0 spiro atoms. The lowest BCUT2D eigenvalue weighted by molar-refractivity contribution is -0.0179. The van der Waals surface area contributed by atoms with Crippen molar-refractivity contribution in [3.63, 3.8) is 0 Å². The van der Waals surface area contributed by atoms with Crippen LogP contribution in [0.5, 0.6) is 0 Å². The normalized spacial score (nSPS) is 40.7. The van der Waals surface area contributed by atoms with Crippen LogP contribution < -0.4 is 0 Å². The number of rotatable bonds is 0. The summed E-state index contributed by atoms with van der Waals surface area (Å²) >= 11 is 0. The average molecular weight is 141 g/mol. The molecule has 2 N–H and O–H groups in total. The molecule has 0 bridgehead atoms. The quantitative estimate of drug-likeness (QED) is 0.500. The van der Waals surface area contributed by atoms with Gasteiger partial charge in [0, 0.05) is 5.92 Å². The molecule has 0 aromatic carbocycles. The predicted octanol–water partition coefficient (Wildman–Crippen LogP) is 0.0319. The van der Waals surface area contributed by atoms with Crippen LogP contribution >= 0.6 is 0 Å². The third kappa shape index (κ3) is 1.47. The van der Waals surface area contributed by atoms with Crippen LogP contribution in [0.1, 0.15) is 19.3 Å². The van der Waals surface area contributed by atoms with Crippen molar-refractivity contribution in [2.24, 2.45) is 5.92 Å². The molecule has 0 heterocycles. The molecule has 1 saturated carbocycles. The molecule has 3 atom stereocenters. The number of nitrogens with zero attached hydrogens (tertiary/aromatic N) is 1. The van der Waals surface area contributed by atoms with Gasteiger partial charge in [-0.15, -0.1) is 0 Å². The molecule has 3 heteroatoms. The maximum Gasteiger partial charge on any atom is 0.0811 e. The lowest BCUT2D eigenvalue weighted by Gasteiger charge is -2.25. The number of aliphatic hydroxyl groups is 2. The minimum absolute atomic E-state index is 0.0570. The second kappa shape index (κ2) is 3.00. The summed E-state index contributed by atoms with van der Waals surface area (Å²) in [5.74, 6) is -0.0570. The van der Waals surface area contributed by atoms with E-state index in [4.69, 9.17) is 15.5 Å². The van der Waals surface area contributed by atoms with E-state index in [1.165, 1.54) is 0 Å². The minimum Gasteiger partial charge on any atom is -0.390 e. The minimum atomic E-state index is -0.682. The molecule has 3 unspecified atom stereocenters. The van der Waals surface area contributed by atoms with Gasteiger partial charge < -0.3 is 10.2 Å². The van der Waals surface area contributed by atoms with Crippen molar-refractivity contribution in [2.75, 3.05) is 0 Å². The summed E-state index contributed by atoms with van der Waals surface area (Å²) in [6.07, 6.45) is 0.411. The Balaban J connectivity index is 2.42. The highest BCUT2D eigenvalue weighted by Crippen LogP contribution is 2.23. The largest absolute Gasteiger partial charge is 0.390 e. The van der Waals surface area contributed by atoms with E-state index in [0.717, 1.165) is 0 Å². The molecule has 0 aliphatic heterocycles. The lowest BCUT2D eigenvalue weighted by atomic mass is 9.86. The fourth-order valence-corrected chi connectivity index (χ4v) is 1.25. The van der Waals surface area contributed by atoms with E-state index in [1.807, 2.05) is 0 Å². The Kier molecular flexibility index (Phi) is 2.25. The van der Waals surface area contributed by atoms with Crippen molar-refractivity contribution < 1.29 is 10.2 Å². The van der Waals surface area contributed by atoms with Gasteiger partial charge in [0.25, 0.3) is 0 Å². The second-order valence-electron chi connectivity index (χ2n) is 2.77. The Morgan fingerprint density at radius 2 is 1.90 bits per heavy atom. The zero-order chi connectivity index (χ0) is 7.56. The summed E-state index contributed by atoms with van der Waals surface area (Å²) in [6, 6.07) is 2.08. The van der Waals surface area contributed by atoms with E-state index in [-0.39, 0.29) is 5.92 Å². The molecule has 0 saturated heterocycles. The molecule has 1 aliphatic rings. The molecule has 0 radical (unpaired) electrons. The van der Waals surface area contributed by atoms with Gasteiger partial charge in [-0.25, -0.2) is 0 Å². The summed E-state index contributed by atoms with van der Waals surface area (Å²) in [7, 11) is 0. The summed E-state index contributed by atoms with van der Waals surface area (Å²) in [6.45, 7) is 0. The first-order valence-electron chi connectivity index (χ1n) is 3.50. The van der Waals surface area contributed by atoms with Crippen LogP contribution in [0.15, 0.2) is 0 Å². The summed E-state index contributed by atoms with van der Waals surface area (Å²) in [5.41, 5.74) is 0. The van der Waals surface area contributed by atoms with Gasteiger partial charge in [0.15, 0.2) is 0 Å². The average Bonchev–Trinajstić information content (AvgIpc) is 1.95. The maximum absolute atomic E-state index is 9.08. The predicted molar refractivity (Wildman–Crippen MR) is 35.0 cm³/mol. The van der Waals surface area contributed by atoms with Crippen LogP contribution in [0.4, 0.5) is 0 Å². The first kappa shape index (κ1) is 7.52. The van der Waals surface area contributed by atoms with Crippen LogP contribution in [0, 0.1) is 17.2 Å². The van der Waals surface area contributed by atoms with Crippen molar-refractivity contribution in [1.29, 1.82) is 5.26 Å². The lowest BCUT2D eigenvalue weighted by Crippen LogP contribution is -2.32. The van der Waals surface area contributed by atoms with Gasteiger partial charge in [0.05, 0.1) is 18.3 Å². The highest BCUT2D eigenvalue weighted by atomic mass is 16.3. The van der Waals surface area contributed by atoms with Crippen LogP contribution in [-0.4, -0.2) is 22.4 Å². The monoisotopic (exact) mass is 141 g/mol. The van der Waals surface area contributed by atoms with Crippen molar-refractivity contribution in [1.82, 2.24) is 0 Å². The maximum atomic E-state index is 9.08. The Morgan fingerprint density at radius 3 is 2.40 bits per heavy atom. The summed E-state index contributed by atoms with van der Waals surface area (Å²) in [5, 5.41) is 26.6. The number of hydrogen-bond donors (Lipinski definition) is 2. The van der Waals surface area contributed by atoms with Gasteiger partial charge in [0.2, 0.25) is 0 Å². The van der Waals surface area contributed by atoms with Crippen LogP contribution in [-0.2, 0) is 0 Å². The Morgan fingerprint density at radius 1 is 1.20 bits per heavy atom. The number of nitriles is 1.